The summed E-state index contributed by atoms with van der Waals surface area (Å²) in [7, 11) is -1.96. The van der Waals surface area contributed by atoms with Gasteiger partial charge in [-0.15, -0.1) is 0 Å². The Bertz CT molecular complexity index is 1140. The van der Waals surface area contributed by atoms with E-state index in [4.69, 9.17) is 4.74 Å². The van der Waals surface area contributed by atoms with Crippen molar-refractivity contribution in [2.24, 2.45) is 5.92 Å². The zero-order valence-corrected chi connectivity index (χ0v) is 20.4. The van der Waals surface area contributed by atoms with Gasteiger partial charge in [0.05, 0.1) is 31.0 Å². The van der Waals surface area contributed by atoms with E-state index in [0.29, 0.717) is 11.3 Å². The molecule has 184 valence electrons. The number of nitrogens with zero attached hydrogens (tertiary/aromatic N) is 3. The van der Waals surface area contributed by atoms with E-state index >= 15 is 0 Å². The molecule has 1 aliphatic heterocycles. The molecule has 0 spiro atoms. The van der Waals surface area contributed by atoms with Crippen LogP contribution >= 0.6 is 0 Å². The van der Waals surface area contributed by atoms with Gasteiger partial charge >= 0.3 is 0 Å². The van der Waals surface area contributed by atoms with Crippen molar-refractivity contribution in [1.82, 2.24) is 14.2 Å². The van der Waals surface area contributed by atoms with Gasteiger partial charge in [0.25, 0.3) is 11.8 Å². The molecular formula is C23H30N4O6S. The minimum Gasteiger partial charge on any atom is -0.488 e. The minimum absolute atomic E-state index is 0.0928. The fraction of sp³-hybridized carbons (Fsp3) is 0.435. The Morgan fingerprint density at radius 3 is 2.62 bits per heavy atom. The van der Waals surface area contributed by atoms with Gasteiger partial charge in [0.2, 0.25) is 10.0 Å². The fourth-order valence-electron chi connectivity index (χ4n) is 3.61. The second-order valence-electron chi connectivity index (χ2n) is 8.57. The third kappa shape index (κ3) is 5.91. The molecule has 1 aromatic carbocycles. The third-order valence-electron chi connectivity index (χ3n) is 5.87. The normalized spacial score (nSPS) is 19.6. The summed E-state index contributed by atoms with van der Waals surface area (Å²) in [5, 5.41) is 12.5. The van der Waals surface area contributed by atoms with Crippen molar-refractivity contribution in [3.05, 3.63) is 53.9 Å². The van der Waals surface area contributed by atoms with E-state index in [9.17, 15) is 23.1 Å². The molecule has 1 aliphatic rings. The van der Waals surface area contributed by atoms with Gasteiger partial charge in [-0.05, 0) is 37.3 Å². The summed E-state index contributed by atoms with van der Waals surface area (Å²) in [5.74, 6) is -0.649. The van der Waals surface area contributed by atoms with Crippen molar-refractivity contribution < 1.29 is 27.9 Å². The number of likely N-dealkylation sites (N-methyl/N-ethyl adjacent to an activating group) is 1. The molecule has 2 amide bonds. The standard InChI is InChI=1S/C23H30N4O6S/c1-15-12-27(16(2)14-28)23(30)19-11-18(25-22(29)17-7-9-24-10-8-17)5-6-20(19)33-21(15)13-26(3)34(4,31)32/h5-11,15-16,21,28H,12-14H2,1-4H3,(H,25,29)/t15-,16+,21-/m0/s1. The molecule has 34 heavy (non-hydrogen) atoms. The average Bonchev–Trinajstić information content (AvgIpc) is 2.81. The molecule has 0 aliphatic carbocycles. The van der Waals surface area contributed by atoms with Gasteiger partial charge in [-0.2, -0.15) is 0 Å². The van der Waals surface area contributed by atoms with Crippen molar-refractivity contribution in [3.8, 4) is 5.75 Å². The van der Waals surface area contributed by atoms with Gasteiger partial charge in [-0.1, -0.05) is 6.92 Å². The Labute approximate surface area is 199 Å². The molecule has 0 fully saturated rings. The van der Waals surface area contributed by atoms with Crippen LogP contribution in [0.2, 0.25) is 0 Å². The van der Waals surface area contributed by atoms with E-state index in [1.54, 1.807) is 36.1 Å². The summed E-state index contributed by atoms with van der Waals surface area (Å²) in [6.07, 6.45) is 3.60. The van der Waals surface area contributed by atoms with Crippen molar-refractivity contribution in [1.29, 1.82) is 0 Å². The molecular weight excluding hydrogens is 460 g/mol. The quantitative estimate of drug-likeness (QED) is 0.601. The van der Waals surface area contributed by atoms with E-state index in [2.05, 4.69) is 10.3 Å². The highest BCUT2D eigenvalue weighted by Crippen LogP contribution is 2.31. The number of ether oxygens (including phenoxy) is 1. The molecule has 3 rings (SSSR count). The third-order valence-corrected chi connectivity index (χ3v) is 7.15. The smallest absolute Gasteiger partial charge is 0.258 e. The van der Waals surface area contributed by atoms with Crippen LogP contribution in [0.25, 0.3) is 0 Å². The Hall–Kier alpha value is -3.02. The number of hydrogen-bond donors (Lipinski definition) is 2. The number of hydrogen-bond acceptors (Lipinski definition) is 7. The Morgan fingerprint density at radius 2 is 2.00 bits per heavy atom. The molecule has 2 aromatic rings. The molecule has 0 unspecified atom stereocenters. The van der Waals surface area contributed by atoms with Crippen LogP contribution in [0, 0.1) is 5.92 Å². The largest absolute Gasteiger partial charge is 0.488 e. The number of aromatic nitrogens is 1. The zero-order valence-electron chi connectivity index (χ0n) is 19.6. The average molecular weight is 491 g/mol. The highest BCUT2D eigenvalue weighted by molar-refractivity contribution is 7.88. The molecule has 10 nitrogen and oxygen atoms in total. The molecule has 0 saturated heterocycles. The van der Waals surface area contributed by atoms with Crippen LogP contribution in [0.4, 0.5) is 5.69 Å². The lowest BCUT2D eigenvalue weighted by molar-refractivity contribution is 0.0387. The molecule has 0 saturated carbocycles. The van der Waals surface area contributed by atoms with Crippen LogP contribution in [0.1, 0.15) is 34.6 Å². The number of aliphatic hydroxyl groups excluding tert-OH is 1. The first kappa shape index (κ1) is 25.6. The fourth-order valence-corrected chi connectivity index (χ4v) is 4.03. The Kier molecular flexibility index (Phi) is 7.90. The summed E-state index contributed by atoms with van der Waals surface area (Å²) < 4.78 is 31.3. The molecule has 0 bridgehead atoms. The number of amides is 2. The predicted octanol–water partition coefficient (Wildman–Crippen LogP) is 1.45. The van der Waals surface area contributed by atoms with E-state index in [1.807, 2.05) is 6.92 Å². The number of anilines is 1. The van der Waals surface area contributed by atoms with Crippen LogP contribution in [-0.4, -0.2) is 84.7 Å². The molecule has 2 heterocycles. The van der Waals surface area contributed by atoms with Crippen LogP contribution in [0.5, 0.6) is 5.75 Å². The predicted molar refractivity (Wildman–Crippen MR) is 127 cm³/mol. The lowest BCUT2D eigenvalue weighted by Crippen LogP contribution is -2.50. The van der Waals surface area contributed by atoms with Gasteiger partial charge in [-0.3, -0.25) is 14.6 Å². The number of nitrogens with one attached hydrogen (secondary N) is 1. The molecule has 2 N–H and O–H groups in total. The van der Waals surface area contributed by atoms with Crippen LogP contribution < -0.4 is 10.1 Å². The van der Waals surface area contributed by atoms with Gasteiger partial charge in [0, 0.05) is 43.2 Å². The number of pyridine rings is 1. The van der Waals surface area contributed by atoms with Gasteiger partial charge in [0.1, 0.15) is 11.9 Å². The van der Waals surface area contributed by atoms with Crippen molar-refractivity contribution in [3.63, 3.8) is 0 Å². The first-order chi connectivity index (χ1) is 16.0. The van der Waals surface area contributed by atoms with Gasteiger partial charge < -0.3 is 20.1 Å². The second-order valence-corrected chi connectivity index (χ2v) is 10.7. The molecule has 0 radical (unpaired) electrons. The topological polar surface area (TPSA) is 129 Å². The minimum atomic E-state index is -3.44. The number of rotatable bonds is 7. The van der Waals surface area contributed by atoms with Crippen molar-refractivity contribution >= 4 is 27.5 Å². The van der Waals surface area contributed by atoms with E-state index in [-0.39, 0.29) is 48.7 Å². The Balaban J connectivity index is 1.97. The number of fused-ring (bicyclic) bond motifs is 1. The van der Waals surface area contributed by atoms with E-state index < -0.39 is 22.2 Å². The first-order valence-electron chi connectivity index (χ1n) is 10.9. The van der Waals surface area contributed by atoms with Crippen LogP contribution in [0.15, 0.2) is 42.7 Å². The van der Waals surface area contributed by atoms with Crippen molar-refractivity contribution in [2.75, 3.05) is 38.3 Å². The van der Waals surface area contributed by atoms with Gasteiger partial charge in [-0.25, -0.2) is 12.7 Å². The second kappa shape index (κ2) is 10.5. The molecule has 11 heteroatoms. The highest BCUT2D eigenvalue weighted by atomic mass is 32.2. The summed E-state index contributed by atoms with van der Waals surface area (Å²) in [6.45, 7) is 3.73. The summed E-state index contributed by atoms with van der Waals surface area (Å²) >= 11 is 0. The molecule has 1 aromatic heterocycles. The lowest BCUT2D eigenvalue weighted by Gasteiger charge is -2.38. The highest BCUT2D eigenvalue weighted by Gasteiger charge is 2.34. The summed E-state index contributed by atoms with van der Waals surface area (Å²) in [6, 6.07) is 7.42. The van der Waals surface area contributed by atoms with E-state index in [0.717, 1.165) is 6.26 Å². The van der Waals surface area contributed by atoms with Crippen LogP contribution in [0.3, 0.4) is 0 Å². The maximum Gasteiger partial charge on any atom is 0.258 e. The summed E-state index contributed by atoms with van der Waals surface area (Å²) in [5.41, 5.74) is 1.02. The SMILES string of the molecule is C[C@H](CO)N1C[C@H](C)[C@H](CN(C)S(C)(=O)=O)Oc2ccc(NC(=O)c3ccncc3)cc2C1=O. The first-order valence-corrected chi connectivity index (χ1v) is 12.7. The number of aliphatic hydroxyl groups is 1. The van der Waals surface area contributed by atoms with Crippen LogP contribution in [-0.2, 0) is 10.0 Å². The maximum atomic E-state index is 13.4. The van der Waals surface area contributed by atoms with Crippen molar-refractivity contribution in [2.45, 2.75) is 26.0 Å². The number of carbonyl (C=O) groups is 2. The monoisotopic (exact) mass is 490 g/mol. The van der Waals surface area contributed by atoms with E-state index in [1.165, 1.54) is 29.8 Å². The Morgan fingerprint density at radius 1 is 1.32 bits per heavy atom. The zero-order chi connectivity index (χ0) is 25.0. The number of benzene rings is 1. The number of sulfonamides is 1. The van der Waals surface area contributed by atoms with Gasteiger partial charge in [0.15, 0.2) is 0 Å². The molecule has 3 atom stereocenters. The lowest BCUT2D eigenvalue weighted by atomic mass is 9.99. The maximum absolute atomic E-state index is 13.4. The summed E-state index contributed by atoms with van der Waals surface area (Å²) in [4.78, 5) is 31.4. The number of carbonyl (C=O) groups excluding carboxylic acids is 2.